The number of primary amides is 1. The molecule has 2 saturated heterocycles. The molecule has 8 atom stereocenters. The van der Waals surface area contributed by atoms with Crippen LogP contribution in [-0.2, 0) is 19.2 Å². The van der Waals surface area contributed by atoms with Crippen molar-refractivity contribution >= 4 is 47.2 Å². The minimum Gasteiger partial charge on any atom is -0.477 e. The second-order valence-corrected chi connectivity index (χ2v) is 12.1. The molecule has 3 amide bonds. The van der Waals surface area contributed by atoms with Crippen molar-refractivity contribution in [1.82, 2.24) is 15.5 Å². The molecule has 13 heteroatoms. The summed E-state index contributed by atoms with van der Waals surface area (Å²) in [5.74, 6) is -2.56. The largest absolute Gasteiger partial charge is 0.477 e. The minimum atomic E-state index is -1.16. The minimum absolute atomic E-state index is 0.00845. The van der Waals surface area contributed by atoms with Crippen LogP contribution < -0.4 is 16.4 Å². The van der Waals surface area contributed by atoms with E-state index in [1.54, 1.807) is 6.92 Å². The number of carbonyl (C=O) groups excluding carboxylic acids is 3. The molecule has 3 heterocycles. The molecule has 2 unspecified atom stereocenters. The fourth-order valence-electron chi connectivity index (χ4n) is 5.28. The number of nitrogens with two attached hydrogens (primary N) is 1. The fourth-order valence-corrected chi connectivity index (χ4v) is 7.79. The number of amides is 3. The number of aliphatic hydroxyl groups is 1. The normalized spacial score (nSPS) is 29.7. The molecule has 0 radical (unpaired) electrons. The molecule has 0 saturated carbocycles. The van der Waals surface area contributed by atoms with Crippen molar-refractivity contribution in [3.05, 3.63) is 10.6 Å². The maximum absolute atomic E-state index is 13.1. The van der Waals surface area contributed by atoms with Gasteiger partial charge in [0.05, 0.1) is 41.8 Å². The van der Waals surface area contributed by atoms with Crippen LogP contribution in [0.5, 0.6) is 0 Å². The van der Waals surface area contributed by atoms with Crippen LogP contribution in [0.3, 0.4) is 0 Å². The number of carbonyl (C=O) groups is 4. The summed E-state index contributed by atoms with van der Waals surface area (Å²) >= 11 is 2.88. The Balaban J connectivity index is 1.71. The number of aliphatic carboxylic acids is 1. The Bertz CT molecular complexity index is 983. The van der Waals surface area contributed by atoms with Crippen LogP contribution >= 0.6 is 23.5 Å². The van der Waals surface area contributed by atoms with Gasteiger partial charge in [-0.3, -0.25) is 14.4 Å². The van der Waals surface area contributed by atoms with Gasteiger partial charge in [0.2, 0.25) is 17.7 Å². The van der Waals surface area contributed by atoms with Crippen LogP contribution in [0, 0.1) is 23.2 Å². The number of aliphatic hydroxyl groups excluding tert-OH is 1. The topological polar surface area (TPSA) is 186 Å². The molecule has 198 valence electrons. The van der Waals surface area contributed by atoms with Crippen molar-refractivity contribution in [2.24, 2.45) is 17.6 Å². The Labute approximate surface area is 218 Å². The maximum Gasteiger partial charge on any atom is 0.353 e. The van der Waals surface area contributed by atoms with Gasteiger partial charge in [-0.2, -0.15) is 5.26 Å². The molecule has 3 aliphatic rings. The summed E-state index contributed by atoms with van der Waals surface area (Å²) in [7, 11) is 0. The number of nitrogens with zero attached hydrogens (tertiary/aromatic N) is 2. The van der Waals surface area contributed by atoms with E-state index in [4.69, 9.17) is 11.0 Å². The Morgan fingerprint density at radius 3 is 2.64 bits per heavy atom. The van der Waals surface area contributed by atoms with E-state index in [0.717, 1.165) is 0 Å². The number of rotatable bonds is 12. The van der Waals surface area contributed by atoms with Gasteiger partial charge >= 0.3 is 5.97 Å². The summed E-state index contributed by atoms with van der Waals surface area (Å²) < 4.78 is 0. The Hall–Kier alpha value is -2.27. The molecule has 0 aromatic rings. The number of fused-ring (bicyclic) bond motifs is 1. The number of nitrogens with one attached hydrogen (secondary N) is 2. The molecule has 0 bridgehead atoms. The van der Waals surface area contributed by atoms with Gasteiger partial charge in [0.25, 0.3) is 0 Å². The molecule has 3 rings (SSSR count). The zero-order valence-corrected chi connectivity index (χ0v) is 22.1. The number of β-lactam (4-membered cyclic amide) rings is 1. The lowest BCUT2D eigenvalue weighted by atomic mass is 9.79. The van der Waals surface area contributed by atoms with Crippen molar-refractivity contribution in [3.63, 3.8) is 0 Å². The van der Waals surface area contributed by atoms with E-state index in [1.165, 1.54) is 28.4 Å². The number of nitriles is 1. The van der Waals surface area contributed by atoms with Crippen molar-refractivity contribution in [1.29, 1.82) is 5.26 Å². The molecule has 0 aromatic carbocycles. The quantitative estimate of drug-likeness (QED) is 0.211. The average molecular weight is 540 g/mol. The van der Waals surface area contributed by atoms with Gasteiger partial charge in [0.15, 0.2) is 0 Å². The molecule has 11 nitrogen and oxygen atoms in total. The van der Waals surface area contributed by atoms with E-state index >= 15 is 0 Å². The highest BCUT2D eigenvalue weighted by Gasteiger charge is 2.60. The highest BCUT2D eigenvalue weighted by atomic mass is 32.2. The van der Waals surface area contributed by atoms with Crippen molar-refractivity contribution < 1.29 is 29.4 Å². The zero-order chi connectivity index (χ0) is 26.7. The molecular formula is C23H33N5O6S2. The fraction of sp³-hybridized carbons (Fsp3) is 0.696. The van der Waals surface area contributed by atoms with Crippen LogP contribution in [0.25, 0.3) is 0 Å². The van der Waals surface area contributed by atoms with E-state index in [-0.39, 0.29) is 53.6 Å². The first-order valence-electron chi connectivity index (χ1n) is 12.0. The molecule has 36 heavy (non-hydrogen) atoms. The van der Waals surface area contributed by atoms with Gasteiger partial charge in [0, 0.05) is 35.1 Å². The van der Waals surface area contributed by atoms with Gasteiger partial charge in [-0.25, -0.2) is 4.79 Å². The highest BCUT2D eigenvalue weighted by molar-refractivity contribution is 8.03. The predicted molar refractivity (Wildman–Crippen MR) is 135 cm³/mol. The Morgan fingerprint density at radius 2 is 2.08 bits per heavy atom. The molecule has 0 aliphatic carbocycles. The van der Waals surface area contributed by atoms with E-state index in [2.05, 4.69) is 10.6 Å². The van der Waals surface area contributed by atoms with E-state index in [0.29, 0.717) is 23.6 Å². The zero-order valence-electron chi connectivity index (χ0n) is 20.5. The van der Waals surface area contributed by atoms with Gasteiger partial charge < -0.3 is 31.5 Å². The molecule has 0 spiro atoms. The summed E-state index contributed by atoms with van der Waals surface area (Å²) in [4.78, 5) is 50.9. The summed E-state index contributed by atoms with van der Waals surface area (Å²) in [6, 6.07) is 0.746. The lowest BCUT2D eigenvalue weighted by Gasteiger charge is -2.46. The second kappa shape index (κ2) is 11.9. The second-order valence-electron chi connectivity index (χ2n) is 9.38. The van der Waals surface area contributed by atoms with Crippen LogP contribution in [0.15, 0.2) is 10.6 Å². The van der Waals surface area contributed by atoms with E-state index in [1.807, 2.05) is 19.9 Å². The molecule has 6 N–H and O–H groups in total. The first-order chi connectivity index (χ1) is 17.0. The summed E-state index contributed by atoms with van der Waals surface area (Å²) in [6.07, 6.45) is -0.408. The lowest BCUT2D eigenvalue weighted by molar-refractivity contribution is -0.163. The van der Waals surface area contributed by atoms with Gasteiger partial charge in [0.1, 0.15) is 5.70 Å². The van der Waals surface area contributed by atoms with Gasteiger partial charge in [-0.05, 0) is 19.1 Å². The number of carboxylic acids is 1. The van der Waals surface area contributed by atoms with Crippen molar-refractivity contribution in [2.45, 2.75) is 74.8 Å². The van der Waals surface area contributed by atoms with Crippen molar-refractivity contribution in [3.8, 4) is 6.07 Å². The van der Waals surface area contributed by atoms with Crippen LogP contribution in [0.2, 0.25) is 0 Å². The molecular weight excluding hydrogens is 506 g/mol. The summed E-state index contributed by atoms with van der Waals surface area (Å²) in [5.41, 5.74) is 5.24. The van der Waals surface area contributed by atoms with Gasteiger partial charge in [-0.1, -0.05) is 13.8 Å². The third-order valence-corrected chi connectivity index (χ3v) is 9.58. The monoisotopic (exact) mass is 539 g/mol. The summed E-state index contributed by atoms with van der Waals surface area (Å²) in [5, 5.41) is 34.6. The third kappa shape index (κ3) is 5.66. The smallest absolute Gasteiger partial charge is 0.353 e. The average Bonchev–Trinajstić information content (AvgIpc) is 3.33. The van der Waals surface area contributed by atoms with E-state index < -0.39 is 35.2 Å². The lowest BCUT2D eigenvalue weighted by Crippen LogP contribution is -2.63. The van der Waals surface area contributed by atoms with Gasteiger partial charge in [-0.15, -0.1) is 23.5 Å². The number of carboxylic acid groups (broad SMARTS) is 1. The molecule has 0 aromatic heterocycles. The molecule has 2 fully saturated rings. The van der Waals surface area contributed by atoms with E-state index in [9.17, 15) is 29.4 Å². The first kappa shape index (κ1) is 28.3. The molecule has 3 aliphatic heterocycles. The number of hydrogen-bond donors (Lipinski definition) is 5. The third-order valence-electron chi connectivity index (χ3n) is 6.83. The van der Waals surface area contributed by atoms with Crippen LogP contribution in [0.1, 0.15) is 40.0 Å². The maximum atomic E-state index is 13.1. The van der Waals surface area contributed by atoms with Crippen molar-refractivity contribution in [2.75, 3.05) is 12.3 Å². The van der Waals surface area contributed by atoms with Crippen LogP contribution in [0.4, 0.5) is 0 Å². The number of hydrogen-bond acceptors (Lipinski definition) is 9. The number of thioether (sulfide) groups is 2. The van der Waals surface area contributed by atoms with Crippen LogP contribution in [-0.4, -0.2) is 85.8 Å². The Kier molecular flexibility index (Phi) is 9.32. The SMILES string of the molecule is CCSC(C(=O)NC(CC#N)CC(N)=O)[C@@H]1C[C@H](SC2=C(C(=O)O)N3C(=O)[C@H]([C@@H](C)O)[C@H]3[C@H]2C)CN1. The predicted octanol–water partition coefficient (Wildman–Crippen LogP) is -0.000620. The highest BCUT2D eigenvalue weighted by Crippen LogP contribution is 2.52. The summed E-state index contributed by atoms with van der Waals surface area (Å²) in [6.45, 7) is 5.92. The first-order valence-corrected chi connectivity index (χ1v) is 13.9. The standard InChI is InChI=1S/C23H33N5O6S2/c1-4-35-20(21(31)27-12(5-6-24)7-15(25)30)14-8-13(9-26-14)36-19-10(2)17-16(11(3)29)22(32)28(17)18(19)23(33)34/h10-14,16-17,20,26,29H,4-5,7-9H2,1-3H3,(H2,25,30)(H,27,31)(H,33,34)/t10-,11-,12?,13+,14+,16-,17-,20?/m1/s1. The Morgan fingerprint density at radius 1 is 1.39 bits per heavy atom.